The summed E-state index contributed by atoms with van der Waals surface area (Å²) in [7, 11) is 0. The molecule has 0 amide bonds. The first-order valence-corrected chi connectivity index (χ1v) is 5.87. The van der Waals surface area contributed by atoms with Crippen LogP contribution in [0.4, 0.5) is 4.39 Å². The number of ether oxygens (including phenoxy) is 1. The van der Waals surface area contributed by atoms with E-state index in [4.69, 9.17) is 16.3 Å². The van der Waals surface area contributed by atoms with Gasteiger partial charge in [0.1, 0.15) is 6.10 Å². The number of halogens is 2. The number of rotatable bonds is 2. The monoisotopic (exact) mass is 244 g/mol. The molecule has 2 rings (SSSR count). The molecule has 1 aliphatic rings. The highest BCUT2D eigenvalue weighted by Gasteiger charge is 2.21. The van der Waals surface area contributed by atoms with Crippen molar-refractivity contribution in [2.45, 2.75) is 38.7 Å². The Balaban J connectivity index is 2.00. The molecule has 1 aromatic heterocycles. The summed E-state index contributed by atoms with van der Waals surface area (Å²) in [6.07, 6.45) is 5.22. The fourth-order valence-corrected chi connectivity index (χ4v) is 2.04. The van der Waals surface area contributed by atoms with Gasteiger partial charge in [-0.1, -0.05) is 6.92 Å². The molecule has 0 spiro atoms. The fraction of sp³-hybridized carbons (Fsp3) is 0.636. The molecule has 16 heavy (non-hydrogen) atoms. The van der Waals surface area contributed by atoms with E-state index >= 15 is 0 Å². The lowest BCUT2D eigenvalue weighted by Crippen LogP contribution is -2.24. The van der Waals surface area contributed by atoms with Crippen molar-refractivity contribution < 1.29 is 9.13 Å². The van der Waals surface area contributed by atoms with Crippen molar-refractivity contribution >= 4 is 11.6 Å². The van der Waals surface area contributed by atoms with E-state index in [2.05, 4.69) is 16.9 Å². The molecule has 0 radical (unpaired) electrons. The van der Waals surface area contributed by atoms with Crippen molar-refractivity contribution in [2.75, 3.05) is 0 Å². The van der Waals surface area contributed by atoms with Crippen molar-refractivity contribution in [3.8, 4) is 5.88 Å². The van der Waals surface area contributed by atoms with Crippen LogP contribution in [0.2, 0.25) is 5.28 Å². The molecule has 0 aromatic carbocycles. The second-order valence-electron chi connectivity index (χ2n) is 4.29. The molecule has 0 bridgehead atoms. The predicted molar refractivity (Wildman–Crippen MR) is 59.0 cm³/mol. The van der Waals surface area contributed by atoms with Crippen molar-refractivity contribution in [1.82, 2.24) is 9.97 Å². The molecule has 0 N–H and O–H groups in total. The van der Waals surface area contributed by atoms with Crippen molar-refractivity contribution in [3.63, 3.8) is 0 Å². The fourth-order valence-electron chi connectivity index (χ4n) is 1.92. The Morgan fingerprint density at radius 3 is 2.75 bits per heavy atom. The minimum Gasteiger partial charge on any atom is -0.472 e. The third-order valence-electron chi connectivity index (χ3n) is 2.92. The molecule has 5 heteroatoms. The smallest absolute Gasteiger partial charge is 0.255 e. The first kappa shape index (κ1) is 11.6. The lowest BCUT2D eigenvalue weighted by molar-refractivity contribution is 0.124. The van der Waals surface area contributed by atoms with Crippen molar-refractivity contribution in [2.24, 2.45) is 5.92 Å². The first-order valence-electron chi connectivity index (χ1n) is 5.50. The van der Waals surface area contributed by atoms with Gasteiger partial charge >= 0.3 is 0 Å². The van der Waals surface area contributed by atoms with E-state index in [1.54, 1.807) is 0 Å². The lowest BCUT2D eigenvalue weighted by Gasteiger charge is -2.26. The van der Waals surface area contributed by atoms with E-state index < -0.39 is 5.82 Å². The summed E-state index contributed by atoms with van der Waals surface area (Å²) in [6, 6.07) is 0. The number of nitrogens with zero attached hydrogens (tertiary/aromatic N) is 2. The highest BCUT2D eigenvalue weighted by atomic mass is 35.5. The molecule has 3 nitrogen and oxygen atoms in total. The Hall–Kier alpha value is -0.900. The maximum absolute atomic E-state index is 13.3. The highest BCUT2D eigenvalue weighted by molar-refractivity contribution is 6.28. The molecular weight excluding hydrogens is 231 g/mol. The second-order valence-corrected chi connectivity index (χ2v) is 4.63. The molecule has 1 aliphatic carbocycles. The van der Waals surface area contributed by atoms with Crippen LogP contribution in [0.15, 0.2) is 6.20 Å². The van der Waals surface area contributed by atoms with E-state index in [1.165, 1.54) is 0 Å². The summed E-state index contributed by atoms with van der Waals surface area (Å²) in [5.41, 5.74) is 0. The van der Waals surface area contributed by atoms with Crippen LogP contribution in [0.5, 0.6) is 5.88 Å². The molecule has 1 aromatic rings. The quantitative estimate of drug-likeness (QED) is 0.750. The van der Waals surface area contributed by atoms with Gasteiger partial charge in [-0.25, -0.2) is 4.98 Å². The SMILES string of the molecule is CC1CCC(Oc2nc(Cl)ncc2F)CC1. The van der Waals surface area contributed by atoms with E-state index in [-0.39, 0.29) is 17.3 Å². The van der Waals surface area contributed by atoms with E-state index in [0.29, 0.717) is 0 Å². The number of aromatic nitrogens is 2. The third-order valence-corrected chi connectivity index (χ3v) is 3.11. The van der Waals surface area contributed by atoms with Crippen LogP contribution >= 0.6 is 11.6 Å². The van der Waals surface area contributed by atoms with Gasteiger partial charge in [0, 0.05) is 0 Å². The Morgan fingerprint density at radius 2 is 2.06 bits per heavy atom. The Kier molecular flexibility index (Phi) is 3.59. The van der Waals surface area contributed by atoms with Crippen molar-refractivity contribution in [1.29, 1.82) is 0 Å². The van der Waals surface area contributed by atoms with Crippen LogP contribution in [0.3, 0.4) is 0 Å². The van der Waals surface area contributed by atoms with Crippen LogP contribution < -0.4 is 4.74 Å². The highest BCUT2D eigenvalue weighted by Crippen LogP contribution is 2.27. The zero-order chi connectivity index (χ0) is 11.5. The minimum atomic E-state index is -0.553. The largest absolute Gasteiger partial charge is 0.472 e. The van der Waals surface area contributed by atoms with Crippen LogP contribution in [0, 0.1) is 11.7 Å². The maximum atomic E-state index is 13.3. The van der Waals surface area contributed by atoms with Gasteiger partial charge in [-0.3, -0.25) is 0 Å². The maximum Gasteiger partial charge on any atom is 0.255 e. The molecule has 0 saturated heterocycles. The average molecular weight is 245 g/mol. The molecule has 1 saturated carbocycles. The minimum absolute atomic E-state index is 0.0144. The van der Waals surface area contributed by atoms with Gasteiger partial charge in [-0.15, -0.1) is 0 Å². The Labute approximate surface area is 99.0 Å². The summed E-state index contributed by atoms with van der Waals surface area (Å²) in [5, 5.41) is 0.0144. The molecule has 0 atom stereocenters. The first-order chi connectivity index (χ1) is 7.65. The molecule has 0 unspecified atom stereocenters. The molecular formula is C11H14ClFN2O. The topological polar surface area (TPSA) is 35.0 Å². The van der Waals surface area contributed by atoms with Gasteiger partial charge in [0.2, 0.25) is 11.1 Å². The van der Waals surface area contributed by atoms with Crippen LogP contribution in [0.1, 0.15) is 32.6 Å². The lowest BCUT2D eigenvalue weighted by atomic mass is 9.89. The van der Waals surface area contributed by atoms with Gasteiger partial charge in [0.15, 0.2) is 0 Å². The zero-order valence-electron chi connectivity index (χ0n) is 9.12. The summed E-state index contributed by atoms with van der Waals surface area (Å²) in [6.45, 7) is 2.22. The number of hydrogen-bond acceptors (Lipinski definition) is 3. The average Bonchev–Trinajstić information content (AvgIpc) is 2.27. The summed E-state index contributed by atoms with van der Waals surface area (Å²) < 4.78 is 18.8. The molecule has 88 valence electrons. The summed E-state index contributed by atoms with van der Waals surface area (Å²) in [4.78, 5) is 7.29. The summed E-state index contributed by atoms with van der Waals surface area (Å²) in [5.74, 6) is 0.154. The molecule has 1 fully saturated rings. The van der Waals surface area contributed by atoms with E-state index in [0.717, 1.165) is 37.8 Å². The molecule has 1 heterocycles. The zero-order valence-corrected chi connectivity index (χ0v) is 9.88. The Morgan fingerprint density at radius 1 is 1.38 bits per heavy atom. The summed E-state index contributed by atoms with van der Waals surface area (Å²) >= 11 is 5.59. The van der Waals surface area contributed by atoms with E-state index in [1.807, 2.05) is 0 Å². The van der Waals surface area contributed by atoms with E-state index in [9.17, 15) is 4.39 Å². The van der Waals surface area contributed by atoms with Gasteiger partial charge in [-0.05, 0) is 43.2 Å². The predicted octanol–water partition coefficient (Wildman–Crippen LogP) is 3.23. The van der Waals surface area contributed by atoms with Gasteiger partial charge in [0.25, 0.3) is 5.88 Å². The van der Waals surface area contributed by atoms with Gasteiger partial charge in [-0.2, -0.15) is 9.37 Å². The second kappa shape index (κ2) is 4.95. The van der Waals surface area contributed by atoms with Crippen LogP contribution in [0.25, 0.3) is 0 Å². The standard InChI is InChI=1S/C11H14ClFN2O/c1-7-2-4-8(5-3-7)16-10-9(13)6-14-11(12)15-10/h6-8H,2-5H2,1H3. The number of hydrogen-bond donors (Lipinski definition) is 0. The van der Waals surface area contributed by atoms with Crippen molar-refractivity contribution in [3.05, 3.63) is 17.3 Å². The van der Waals surface area contributed by atoms with Crippen LogP contribution in [-0.4, -0.2) is 16.1 Å². The molecule has 0 aliphatic heterocycles. The normalized spacial score (nSPS) is 25.4. The van der Waals surface area contributed by atoms with Gasteiger partial charge < -0.3 is 4.74 Å². The Bertz CT molecular complexity index is 367. The van der Waals surface area contributed by atoms with Gasteiger partial charge in [0.05, 0.1) is 6.20 Å². The van der Waals surface area contributed by atoms with Crippen LogP contribution in [-0.2, 0) is 0 Å². The third kappa shape index (κ3) is 2.82.